The second kappa shape index (κ2) is 4.46. The number of Topliss-reactive ketones (excluding diaryl/α,β-unsaturated/α-hetero) is 1. The fourth-order valence-electron chi connectivity index (χ4n) is 2.20. The van der Waals surface area contributed by atoms with Crippen LogP contribution in [0.2, 0.25) is 0 Å². The van der Waals surface area contributed by atoms with Crippen molar-refractivity contribution in [2.45, 2.75) is 25.6 Å². The van der Waals surface area contributed by atoms with Gasteiger partial charge < -0.3 is 5.11 Å². The second-order valence-electron chi connectivity index (χ2n) is 4.48. The Morgan fingerprint density at radius 2 is 2.00 bits per heavy atom. The molecule has 1 amide bonds. The molecular weight excluding hydrogens is 282 g/mol. The molecule has 1 atom stereocenters. The molecule has 1 aliphatic heterocycles. The van der Waals surface area contributed by atoms with E-state index in [0.29, 0.717) is 17.0 Å². The molecular formula is C12H9F4NO3. The number of carbonyl (C=O) groups is 2. The normalized spacial score (nSPS) is 18.9. The average Bonchev–Trinajstić information content (AvgIpc) is 2.27. The summed E-state index contributed by atoms with van der Waals surface area (Å²) in [5.74, 6) is -2.18. The van der Waals surface area contributed by atoms with Crippen molar-refractivity contribution in [1.29, 1.82) is 0 Å². The van der Waals surface area contributed by atoms with Gasteiger partial charge in [-0.25, -0.2) is 9.18 Å². The lowest BCUT2D eigenvalue weighted by Gasteiger charge is -2.32. The van der Waals surface area contributed by atoms with E-state index in [2.05, 4.69) is 0 Å². The monoisotopic (exact) mass is 291 g/mol. The van der Waals surface area contributed by atoms with Crippen LogP contribution in [0.4, 0.5) is 28.0 Å². The highest BCUT2D eigenvalue weighted by molar-refractivity contribution is 6.08. The third-order valence-electron chi connectivity index (χ3n) is 3.08. The fourth-order valence-corrected chi connectivity index (χ4v) is 2.20. The minimum absolute atomic E-state index is 0.204. The third kappa shape index (κ3) is 2.21. The second-order valence-corrected chi connectivity index (χ2v) is 4.48. The average molecular weight is 291 g/mol. The number of alkyl halides is 3. The van der Waals surface area contributed by atoms with Crippen LogP contribution in [0.1, 0.15) is 29.3 Å². The largest absolute Gasteiger partial charge is 0.465 e. The first-order chi connectivity index (χ1) is 9.12. The molecule has 1 aromatic carbocycles. The van der Waals surface area contributed by atoms with Crippen molar-refractivity contribution in [2.75, 3.05) is 4.90 Å². The standard InChI is InChI=1S/C12H9F4NO3/c1-5-2-10(18)6-3-8(13)7(12(14,15)16)4-9(6)17(5)11(19)20/h3-5H,2H2,1H3,(H,19,20). The summed E-state index contributed by atoms with van der Waals surface area (Å²) >= 11 is 0. The molecule has 2 rings (SSSR count). The highest BCUT2D eigenvalue weighted by Crippen LogP contribution is 2.38. The maximum absolute atomic E-state index is 13.4. The predicted octanol–water partition coefficient (Wildman–Crippen LogP) is 3.30. The van der Waals surface area contributed by atoms with E-state index in [1.165, 1.54) is 6.92 Å². The Morgan fingerprint density at radius 1 is 1.40 bits per heavy atom. The van der Waals surface area contributed by atoms with E-state index in [1.54, 1.807) is 0 Å². The van der Waals surface area contributed by atoms with Crippen molar-refractivity contribution in [1.82, 2.24) is 0 Å². The zero-order valence-corrected chi connectivity index (χ0v) is 10.2. The van der Waals surface area contributed by atoms with Gasteiger partial charge in [0.05, 0.1) is 11.3 Å². The Kier molecular flexibility index (Phi) is 3.19. The molecule has 1 unspecified atom stereocenters. The molecule has 4 nitrogen and oxygen atoms in total. The number of carbonyl (C=O) groups excluding carboxylic acids is 1. The van der Waals surface area contributed by atoms with Gasteiger partial charge in [0.25, 0.3) is 0 Å². The molecule has 1 heterocycles. The van der Waals surface area contributed by atoms with Crippen LogP contribution in [0.25, 0.3) is 0 Å². The van der Waals surface area contributed by atoms with Gasteiger partial charge in [0.1, 0.15) is 5.82 Å². The fraction of sp³-hybridized carbons (Fsp3) is 0.333. The molecule has 0 saturated heterocycles. The van der Waals surface area contributed by atoms with Gasteiger partial charge in [-0.05, 0) is 19.1 Å². The number of nitrogens with zero attached hydrogens (tertiary/aromatic N) is 1. The number of benzene rings is 1. The molecule has 0 aliphatic carbocycles. The number of ketones is 1. The first-order valence-corrected chi connectivity index (χ1v) is 5.59. The Morgan fingerprint density at radius 3 is 2.50 bits per heavy atom. The Labute approximate surface area is 110 Å². The van der Waals surface area contributed by atoms with Crippen LogP contribution in [0.3, 0.4) is 0 Å². The van der Waals surface area contributed by atoms with Crippen LogP contribution in [0.15, 0.2) is 12.1 Å². The van der Waals surface area contributed by atoms with Gasteiger partial charge in [-0.2, -0.15) is 13.2 Å². The molecule has 0 spiro atoms. The van der Waals surface area contributed by atoms with Crippen LogP contribution < -0.4 is 4.90 Å². The summed E-state index contributed by atoms with van der Waals surface area (Å²) in [6, 6.07) is 0.00770. The zero-order valence-electron chi connectivity index (χ0n) is 10.2. The van der Waals surface area contributed by atoms with Gasteiger partial charge in [-0.1, -0.05) is 0 Å². The summed E-state index contributed by atoms with van der Waals surface area (Å²) in [6.45, 7) is 1.39. The van der Waals surface area contributed by atoms with Gasteiger partial charge in [0.15, 0.2) is 5.78 Å². The molecule has 0 bridgehead atoms. The highest BCUT2D eigenvalue weighted by Gasteiger charge is 2.39. The molecule has 0 saturated carbocycles. The summed E-state index contributed by atoms with van der Waals surface area (Å²) in [6.07, 6.45) is -6.66. The van der Waals surface area contributed by atoms with E-state index in [1.807, 2.05) is 0 Å². The van der Waals surface area contributed by atoms with Crippen molar-refractivity contribution >= 4 is 17.6 Å². The number of rotatable bonds is 0. The molecule has 0 fully saturated rings. The number of anilines is 1. The quantitative estimate of drug-likeness (QED) is 0.746. The lowest BCUT2D eigenvalue weighted by molar-refractivity contribution is -0.140. The van der Waals surface area contributed by atoms with E-state index in [4.69, 9.17) is 5.11 Å². The van der Waals surface area contributed by atoms with Crippen molar-refractivity contribution in [2.24, 2.45) is 0 Å². The molecule has 1 aliphatic rings. The Bertz CT molecular complexity index is 597. The lowest BCUT2D eigenvalue weighted by Crippen LogP contribution is -2.43. The summed E-state index contributed by atoms with van der Waals surface area (Å²) in [5, 5.41) is 9.04. The summed E-state index contributed by atoms with van der Waals surface area (Å²) < 4.78 is 51.4. The minimum atomic E-state index is -4.97. The Hall–Kier alpha value is -2.12. The summed E-state index contributed by atoms with van der Waals surface area (Å²) in [5.41, 5.74) is -2.38. The molecule has 0 aromatic heterocycles. The van der Waals surface area contributed by atoms with Crippen LogP contribution in [-0.2, 0) is 6.18 Å². The summed E-state index contributed by atoms with van der Waals surface area (Å²) in [4.78, 5) is 23.5. The number of hydrogen-bond donors (Lipinski definition) is 1. The van der Waals surface area contributed by atoms with Crippen LogP contribution in [0, 0.1) is 5.82 Å². The summed E-state index contributed by atoms with van der Waals surface area (Å²) in [7, 11) is 0. The van der Waals surface area contributed by atoms with E-state index >= 15 is 0 Å². The van der Waals surface area contributed by atoms with Gasteiger partial charge in [-0.3, -0.25) is 9.69 Å². The molecule has 1 aromatic rings. The van der Waals surface area contributed by atoms with E-state index in [-0.39, 0.29) is 12.0 Å². The third-order valence-corrected chi connectivity index (χ3v) is 3.08. The number of hydrogen-bond acceptors (Lipinski definition) is 2. The smallest absolute Gasteiger partial charge is 0.419 e. The maximum Gasteiger partial charge on any atom is 0.419 e. The van der Waals surface area contributed by atoms with Crippen LogP contribution in [-0.4, -0.2) is 23.0 Å². The molecule has 108 valence electrons. The number of amides is 1. The first-order valence-electron chi connectivity index (χ1n) is 5.59. The zero-order chi connectivity index (χ0) is 15.2. The van der Waals surface area contributed by atoms with Gasteiger partial charge in [0.2, 0.25) is 0 Å². The number of fused-ring (bicyclic) bond motifs is 1. The van der Waals surface area contributed by atoms with Crippen molar-refractivity contribution in [3.8, 4) is 0 Å². The highest BCUT2D eigenvalue weighted by atomic mass is 19.4. The van der Waals surface area contributed by atoms with Gasteiger partial charge >= 0.3 is 12.3 Å². The van der Waals surface area contributed by atoms with E-state index in [9.17, 15) is 27.2 Å². The van der Waals surface area contributed by atoms with E-state index in [0.717, 1.165) is 0 Å². The van der Waals surface area contributed by atoms with Crippen molar-refractivity contribution in [3.05, 3.63) is 29.1 Å². The Balaban J connectivity index is 2.70. The van der Waals surface area contributed by atoms with E-state index < -0.39 is 41.2 Å². The molecule has 0 radical (unpaired) electrons. The SMILES string of the molecule is CC1CC(=O)c2cc(F)c(C(F)(F)F)cc2N1C(=O)O. The van der Waals surface area contributed by atoms with Gasteiger partial charge in [0, 0.05) is 18.0 Å². The first kappa shape index (κ1) is 14.3. The maximum atomic E-state index is 13.4. The van der Waals surface area contributed by atoms with Gasteiger partial charge in [-0.15, -0.1) is 0 Å². The number of halogens is 4. The lowest BCUT2D eigenvalue weighted by atomic mass is 9.94. The molecule has 20 heavy (non-hydrogen) atoms. The van der Waals surface area contributed by atoms with Crippen molar-refractivity contribution < 1.29 is 32.3 Å². The number of carboxylic acid groups (broad SMARTS) is 1. The molecule has 8 heteroatoms. The van der Waals surface area contributed by atoms with Crippen LogP contribution >= 0.6 is 0 Å². The predicted molar refractivity (Wildman–Crippen MR) is 60.3 cm³/mol. The topological polar surface area (TPSA) is 57.6 Å². The minimum Gasteiger partial charge on any atom is -0.465 e. The van der Waals surface area contributed by atoms with Crippen LogP contribution in [0.5, 0.6) is 0 Å². The van der Waals surface area contributed by atoms with Crippen molar-refractivity contribution in [3.63, 3.8) is 0 Å². The molecule has 1 N–H and O–H groups in total.